The van der Waals surface area contributed by atoms with Gasteiger partial charge in [-0.1, -0.05) is 13.8 Å². The number of aromatic nitrogens is 1. The van der Waals surface area contributed by atoms with Crippen LogP contribution in [0.15, 0.2) is 23.3 Å². The Morgan fingerprint density at radius 2 is 2.14 bits per heavy atom. The molecular formula is C17H28N4O. The number of likely N-dealkylation sites (tertiary alicyclic amines) is 1. The highest BCUT2D eigenvalue weighted by Crippen LogP contribution is 2.21. The van der Waals surface area contributed by atoms with Gasteiger partial charge in [0.15, 0.2) is 5.96 Å². The Morgan fingerprint density at radius 3 is 2.77 bits per heavy atom. The van der Waals surface area contributed by atoms with Crippen molar-refractivity contribution < 1.29 is 4.74 Å². The maximum absolute atomic E-state index is 5.44. The zero-order chi connectivity index (χ0) is 15.9. The first-order chi connectivity index (χ1) is 10.6. The average Bonchev–Trinajstić information content (AvgIpc) is 2.48. The summed E-state index contributed by atoms with van der Waals surface area (Å²) in [5, 5.41) is 3.46. The third-order valence-corrected chi connectivity index (χ3v) is 3.92. The Bertz CT molecular complexity index is 493. The number of nitrogens with zero attached hydrogens (tertiary/aromatic N) is 3. The molecule has 2 unspecified atom stereocenters. The van der Waals surface area contributed by atoms with Gasteiger partial charge in [0.05, 0.1) is 6.61 Å². The average molecular weight is 304 g/mol. The molecule has 1 aliphatic heterocycles. The quantitative estimate of drug-likeness (QED) is 0.686. The van der Waals surface area contributed by atoms with E-state index in [-0.39, 0.29) is 0 Å². The van der Waals surface area contributed by atoms with Crippen LogP contribution in [0, 0.1) is 11.8 Å². The monoisotopic (exact) mass is 304 g/mol. The second kappa shape index (κ2) is 8.01. The van der Waals surface area contributed by atoms with Crippen molar-refractivity contribution in [3.63, 3.8) is 0 Å². The first-order valence-corrected chi connectivity index (χ1v) is 8.15. The minimum atomic E-state index is 0.634. The van der Waals surface area contributed by atoms with Gasteiger partial charge in [-0.2, -0.15) is 0 Å². The van der Waals surface area contributed by atoms with Gasteiger partial charge in [0.2, 0.25) is 5.88 Å². The molecule has 0 spiro atoms. The van der Waals surface area contributed by atoms with Crippen molar-refractivity contribution in [3.05, 3.63) is 23.9 Å². The second-order valence-electron chi connectivity index (χ2n) is 6.19. The lowest BCUT2D eigenvalue weighted by Crippen LogP contribution is -2.48. The number of guanidine groups is 1. The maximum atomic E-state index is 5.44. The van der Waals surface area contributed by atoms with E-state index in [1.165, 1.54) is 6.42 Å². The van der Waals surface area contributed by atoms with E-state index in [9.17, 15) is 0 Å². The number of hydrogen-bond donors (Lipinski definition) is 1. The topological polar surface area (TPSA) is 49.8 Å². The molecule has 0 saturated carbocycles. The predicted molar refractivity (Wildman–Crippen MR) is 90.1 cm³/mol. The van der Waals surface area contributed by atoms with Crippen molar-refractivity contribution in [1.82, 2.24) is 15.2 Å². The number of hydrogen-bond acceptors (Lipinski definition) is 3. The Morgan fingerprint density at radius 1 is 1.41 bits per heavy atom. The van der Waals surface area contributed by atoms with E-state index in [0.29, 0.717) is 24.3 Å². The van der Waals surface area contributed by atoms with Crippen molar-refractivity contribution in [2.75, 3.05) is 26.7 Å². The number of pyridine rings is 1. The van der Waals surface area contributed by atoms with Crippen LogP contribution in [-0.4, -0.2) is 42.6 Å². The largest absolute Gasteiger partial charge is 0.478 e. The normalized spacial score (nSPS) is 22.5. The van der Waals surface area contributed by atoms with Gasteiger partial charge in [-0.05, 0) is 36.8 Å². The van der Waals surface area contributed by atoms with Crippen molar-refractivity contribution in [3.8, 4) is 5.88 Å². The van der Waals surface area contributed by atoms with E-state index in [1.807, 2.05) is 26.1 Å². The van der Waals surface area contributed by atoms with Gasteiger partial charge in [-0.3, -0.25) is 4.99 Å². The molecule has 122 valence electrons. The van der Waals surface area contributed by atoms with Crippen molar-refractivity contribution in [2.24, 2.45) is 16.8 Å². The number of nitrogens with one attached hydrogen (secondary N) is 1. The number of piperidine rings is 1. The third kappa shape index (κ3) is 4.61. The lowest BCUT2D eigenvalue weighted by Gasteiger charge is -2.37. The summed E-state index contributed by atoms with van der Waals surface area (Å²) in [5.41, 5.74) is 1.15. The molecule has 5 nitrogen and oxygen atoms in total. The second-order valence-corrected chi connectivity index (χ2v) is 6.19. The first-order valence-electron chi connectivity index (χ1n) is 8.15. The minimum Gasteiger partial charge on any atom is -0.478 e. The van der Waals surface area contributed by atoms with E-state index in [1.54, 1.807) is 6.20 Å². The first kappa shape index (κ1) is 16.6. The summed E-state index contributed by atoms with van der Waals surface area (Å²) in [6.07, 6.45) is 3.09. The van der Waals surface area contributed by atoms with Crippen LogP contribution in [0.2, 0.25) is 0 Å². The van der Waals surface area contributed by atoms with Gasteiger partial charge < -0.3 is 15.0 Å². The van der Waals surface area contributed by atoms with Crippen LogP contribution in [0.5, 0.6) is 5.88 Å². The summed E-state index contributed by atoms with van der Waals surface area (Å²) in [4.78, 5) is 11.0. The third-order valence-electron chi connectivity index (χ3n) is 3.92. The Hall–Kier alpha value is -1.78. The molecule has 1 aromatic heterocycles. The minimum absolute atomic E-state index is 0.634. The molecule has 2 atom stereocenters. The molecular weight excluding hydrogens is 276 g/mol. The Balaban J connectivity index is 1.95. The Kier molecular flexibility index (Phi) is 6.04. The van der Waals surface area contributed by atoms with E-state index in [0.717, 1.165) is 31.2 Å². The summed E-state index contributed by atoms with van der Waals surface area (Å²) < 4.78 is 5.44. The van der Waals surface area contributed by atoms with Gasteiger partial charge in [-0.25, -0.2) is 4.98 Å². The molecule has 0 aliphatic carbocycles. The van der Waals surface area contributed by atoms with Crippen molar-refractivity contribution >= 4 is 5.96 Å². The molecule has 22 heavy (non-hydrogen) atoms. The molecule has 2 rings (SSSR count). The molecule has 5 heteroatoms. The summed E-state index contributed by atoms with van der Waals surface area (Å²) in [5.74, 6) is 3.09. The van der Waals surface area contributed by atoms with E-state index in [4.69, 9.17) is 4.74 Å². The highest BCUT2D eigenvalue weighted by Gasteiger charge is 2.23. The summed E-state index contributed by atoms with van der Waals surface area (Å²) in [6.45, 7) is 10.1. The summed E-state index contributed by atoms with van der Waals surface area (Å²) in [6, 6.07) is 3.98. The van der Waals surface area contributed by atoms with Crippen LogP contribution in [0.3, 0.4) is 0 Å². The highest BCUT2D eigenvalue weighted by atomic mass is 16.5. The molecule has 0 bridgehead atoms. The molecule has 1 fully saturated rings. The van der Waals surface area contributed by atoms with Gasteiger partial charge in [0.25, 0.3) is 0 Å². The van der Waals surface area contributed by atoms with Crippen molar-refractivity contribution in [1.29, 1.82) is 0 Å². The maximum Gasteiger partial charge on any atom is 0.213 e. The van der Waals surface area contributed by atoms with Crippen LogP contribution in [0.25, 0.3) is 0 Å². The van der Waals surface area contributed by atoms with Crippen molar-refractivity contribution in [2.45, 2.75) is 33.7 Å². The standard InChI is InChI=1S/C17H28N4O/c1-5-22-16-9-15(6-7-19-16)10-20-17(18-4)21-11-13(2)8-14(3)12-21/h6-7,9,13-14H,5,8,10-12H2,1-4H3,(H,18,20). The van der Waals surface area contributed by atoms with Gasteiger partial charge in [-0.15, -0.1) is 0 Å². The zero-order valence-electron chi connectivity index (χ0n) is 14.2. The zero-order valence-corrected chi connectivity index (χ0v) is 14.2. The molecule has 0 radical (unpaired) electrons. The van der Waals surface area contributed by atoms with E-state index in [2.05, 4.69) is 34.0 Å². The van der Waals surface area contributed by atoms with Crippen LogP contribution in [0.4, 0.5) is 0 Å². The highest BCUT2D eigenvalue weighted by molar-refractivity contribution is 5.80. The molecule has 1 saturated heterocycles. The molecule has 1 aromatic rings. The van der Waals surface area contributed by atoms with Crippen LogP contribution >= 0.6 is 0 Å². The fraction of sp³-hybridized carbons (Fsp3) is 0.647. The van der Waals surface area contributed by atoms with Gasteiger partial charge in [0.1, 0.15) is 0 Å². The lowest BCUT2D eigenvalue weighted by molar-refractivity contribution is 0.208. The lowest BCUT2D eigenvalue weighted by atomic mass is 9.92. The number of ether oxygens (including phenoxy) is 1. The van der Waals surface area contributed by atoms with Crippen LogP contribution < -0.4 is 10.1 Å². The molecule has 1 N–H and O–H groups in total. The Labute approximate surface area is 133 Å². The molecule has 0 amide bonds. The SMILES string of the molecule is CCOc1cc(CNC(=NC)N2CC(C)CC(C)C2)ccn1. The summed E-state index contributed by atoms with van der Waals surface area (Å²) in [7, 11) is 1.85. The molecule has 0 aromatic carbocycles. The molecule has 2 heterocycles. The fourth-order valence-corrected chi connectivity index (χ4v) is 3.14. The van der Waals surface area contributed by atoms with E-state index < -0.39 is 0 Å². The molecule has 1 aliphatic rings. The van der Waals surface area contributed by atoms with E-state index >= 15 is 0 Å². The predicted octanol–water partition coefficient (Wildman–Crippen LogP) is 2.53. The van der Waals surface area contributed by atoms with Gasteiger partial charge in [0, 0.05) is 38.9 Å². The summed E-state index contributed by atoms with van der Waals surface area (Å²) >= 11 is 0. The fourth-order valence-electron chi connectivity index (χ4n) is 3.14. The number of rotatable bonds is 4. The van der Waals surface area contributed by atoms with Gasteiger partial charge >= 0.3 is 0 Å². The van der Waals surface area contributed by atoms with Crippen LogP contribution in [-0.2, 0) is 6.54 Å². The smallest absolute Gasteiger partial charge is 0.213 e. The van der Waals surface area contributed by atoms with Crippen LogP contribution in [0.1, 0.15) is 32.8 Å². The number of aliphatic imine (C=N–C) groups is 1.